The van der Waals surface area contributed by atoms with Crippen molar-refractivity contribution in [1.82, 2.24) is 0 Å². The van der Waals surface area contributed by atoms with E-state index in [1.165, 1.54) is 24.8 Å². The number of anilines is 2. The van der Waals surface area contributed by atoms with Gasteiger partial charge in [0.15, 0.2) is 5.75 Å². The highest BCUT2D eigenvalue weighted by atomic mass is 16.5. The Hall–Kier alpha value is -5.30. The summed E-state index contributed by atoms with van der Waals surface area (Å²) >= 11 is 0. The first-order chi connectivity index (χ1) is 24.6. The average molecular weight is 666 g/mol. The Kier molecular flexibility index (Phi) is 8.88. The Labute approximate surface area is 293 Å². The van der Waals surface area contributed by atoms with Crippen molar-refractivity contribution in [2.24, 2.45) is 4.99 Å². The number of carbonyl (C=O) groups is 1. The van der Waals surface area contributed by atoms with Crippen LogP contribution in [-0.2, 0) is 11.2 Å². The molecule has 7 heteroatoms. The predicted molar refractivity (Wildman–Crippen MR) is 201 cm³/mol. The van der Waals surface area contributed by atoms with Gasteiger partial charge in [-0.05, 0) is 53.4 Å². The number of aliphatic imine (C=N–C) groups is 1. The molecule has 254 valence electrons. The van der Waals surface area contributed by atoms with Crippen molar-refractivity contribution in [3.8, 4) is 22.6 Å². The lowest BCUT2D eigenvalue weighted by Crippen LogP contribution is -2.45. The van der Waals surface area contributed by atoms with Crippen LogP contribution in [-0.4, -0.2) is 43.7 Å². The van der Waals surface area contributed by atoms with Gasteiger partial charge >= 0.3 is 5.97 Å². The Bertz CT molecular complexity index is 1990. The number of para-hydroxylation sites is 1. The highest BCUT2D eigenvalue weighted by Crippen LogP contribution is 2.47. The van der Waals surface area contributed by atoms with Crippen molar-refractivity contribution >= 4 is 40.0 Å². The summed E-state index contributed by atoms with van der Waals surface area (Å²) < 4.78 is 18.6. The van der Waals surface area contributed by atoms with Crippen molar-refractivity contribution in [2.45, 2.75) is 63.7 Å². The first-order valence-corrected chi connectivity index (χ1v) is 18.0. The molecular formula is C43H43N3O4. The summed E-state index contributed by atoms with van der Waals surface area (Å²) in [6, 6.07) is 34.7. The summed E-state index contributed by atoms with van der Waals surface area (Å²) in [5, 5.41) is 5.78. The number of ether oxygens (including phenoxy) is 3. The molecule has 0 aliphatic carbocycles. The Morgan fingerprint density at radius 2 is 1.60 bits per heavy atom. The van der Waals surface area contributed by atoms with Gasteiger partial charge < -0.3 is 24.4 Å². The number of esters is 1. The molecule has 0 aromatic heterocycles. The number of unbranched alkanes of at least 4 members (excludes halogenated alkanes) is 3. The molecule has 0 amide bonds. The first kappa shape index (κ1) is 31.9. The van der Waals surface area contributed by atoms with Gasteiger partial charge in [0.05, 0.1) is 18.4 Å². The minimum absolute atomic E-state index is 0.137. The molecule has 1 saturated heterocycles. The van der Waals surface area contributed by atoms with Crippen LogP contribution in [0, 0.1) is 0 Å². The van der Waals surface area contributed by atoms with Gasteiger partial charge in [-0.25, -0.2) is 4.79 Å². The summed E-state index contributed by atoms with van der Waals surface area (Å²) in [5.41, 5.74) is 6.30. The highest BCUT2D eigenvalue weighted by Gasteiger charge is 2.41. The van der Waals surface area contributed by atoms with Gasteiger partial charge in [-0.3, -0.25) is 4.99 Å². The largest absolute Gasteiger partial charge is 0.494 e. The smallest absolute Gasteiger partial charge is 0.338 e. The van der Waals surface area contributed by atoms with E-state index in [0.29, 0.717) is 5.56 Å². The maximum Gasteiger partial charge on any atom is 0.338 e. The maximum atomic E-state index is 13.2. The molecule has 5 aromatic rings. The molecule has 3 aliphatic heterocycles. The molecular weight excluding hydrogens is 622 g/mol. The topological polar surface area (TPSA) is 72.4 Å². The molecule has 7 nitrogen and oxygen atoms in total. The van der Waals surface area contributed by atoms with E-state index in [2.05, 4.69) is 77.8 Å². The standard InChI is InChI=1S/C43H43N3O4/c1-2-3-4-9-26-48-34-20-18-31(19-21-34)30-14-16-32(17-15-30)42(47)49-35-22-24-46(25-23-35)39-27-40-41(37-12-7-6-11-36(37)39)44-29-43(50-40)28-33-10-5-8-13-38(33)45-43/h5-8,10-21,27,29,35,45H,2-4,9,22-26,28H2,1H3. The van der Waals surface area contributed by atoms with Crippen molar-refractivity contribution in [1.29, 1.82) is 0 Å². The lowest BCUT2D eigenvalue weighted by molar-refractivity contribution is 0.0245. The SMILES string of the molecule is CCCCCCOc1ccc(-c2ccc(C(=O)OC3CCN(c4cc5c(c6ccccc46)N=CC4(Cc6ccccc6N4)O5)CC3)cc2)cc1. The summed E-state index contributed by atoms with van der Waals surface area (Å²) in [5.74, 6) is 1.39. The van der Waals surface area contributed by atoms with E-state index in [9.17, 15) is 4.79 Å². The molecule has 0 saturated carbocycles. The molecule has 8 rings (SSSR count). The van der Waals surface area contributed by atoms with Crippen LogP contribution in [0.1, 0.15) is 61.4 Å². The van der Waals surface area contributed by atoms with E-state index < -0.39 is 5.72 Å². The fourth-order valence-electron chi connectivity index (χ4n) is 7.37. The molecule has 1 N–H and O–H groups in total. The minimum Gasteiger partial charge on any atom is -0.494 e. The number of nitrogens with zero attached hydrogens (tertiary/aromatic N) is 2. The van der Waals surface area contributed by atoms with Crippen LogP contribution >= 0.6 is 0 Å². The highest BCUT2D eigenvalue weighted by molar-refractivity contribution is 6.06. The van der Waals surface area contributed by atoms with E-state index in [1.54, 1.807) is 0 Å². The van der Waals surface area contributed by atoms with Gasteiger partial charge in [-0.1, -0.05) is 92.9 Å². The number of benzene rings is 5. The third kappa shape index (κ3) is 6.52. The van der Waals surface area contributed by atoms with Crippen LogP contribution in [0.25, 0.3) is 21.9 Å². The number of fused-ring (bicyclic) bond motifs is 4. The van der Waals surface area contributed by atoms with Crippen molar-refractivity contribution in [3.05, 3.63) is 114 Å². The zero-order valence-corrected chi connectivity index (χ0v) is 28.6. The monoisotopic (exact) mass is 665 g/mol. The predicted octanol–water partition coefficient (Wildman–Crippen LogP) is 9.75. The van der Waals surface area contributed by atoms with Crippen molar-refractivity contribution < 1.29 is 19.0 Å². The summed E-state index contributed by atoms with van der Waals surface area (Å²) in [7, 11) is 0. The lowest BCUT2D eigenvalue weighted by Gasteiger charge is -2.36. The Morgan fingerprint density at radius 1 is 0.880 bits per heavy atom. The molecule has 3 heterocycles. The average Bonchev–Trinajstić information content (AvgIpc) is 3.52. The van der Waals surface area contributed by atoms with E-state index in [0.717, 1.165) is 95.8 Å². The van der Waals surface area contributed by atoms with Crippen LogP contribution < -0.4 is 19.7 Å². The van der Waals surface area contributed by atoms with Crippen LogP contribution in [0.2, 0.25) is 0 Å². The quantitative estimate of drug-likeness (QED) is 0.118. The number of hydrogen-bond acceptors (Lipinski definition) is 7. The van der Waals surface area contributed by atoms with Gasteiger partial charge in [0.2, 0.25) is 5.72 Å². The molecule has 0 radical (unpaired) electrons. The van der Waals surface area contributed by atoms with Gasteiger partial charge in [0.1, 0.15) is 17.5 Å². The van der Waals surface area contributed by atoms with E-state index in [-0.39, 0.29) is 12.1 Å². The summed E-state index contributed by atoms with van der Waals surface area (Å²) in [6.45, 7) is 4.51. The summed E-state index contributed by atoms with van der Waals surface area (Å²) in [4.78, 5) is 20.5. The lowest BCUT2D eigenvalue weighted by atomic mass is 10.0. The fraction of sp³-hybridized carbons (Fsp3) is 0.302. The van der Waals surface area contributed by atoms with Crippen molar-refractivity contribution in [3.63, 3.8) is 0 Å². The molecule has 1 fully saturated rings. The third-order valence-corrected chi connectivity index (χ3v) is 10.1. The molecule has 1 unspecified atom stereocenters. The summed E-state index contributed by atoms with van der Waals surface area (Å²) in [6.07, 6.45) is 8.76. The fourth-order valence-corrected chi connectivity index (χ4v) is 7.37. The van der Waals surface area contributed by atoms with Crippen LogP contribution in [0.5, 0.6) is 11.5 Å². The molecule has 0 bridgehead atoms. The normalized spacial score (nSPS) is 18.0. The van der Waals surface area contributed by atoms with E-state index in [1.807, 2.05) is 48.7 Å². The molecule has 1 spiro atoms. The van der Waals surface area contributed by atoms with Gasteiger partial charge in [-0.2, -0.15) is 0 Å². The third-order valence-electron chi connectivity index (χ3n) is 10.1. The molecule has 5 aromatic carbocycles. The Balaban J connectivity index is 0.894. The van der Waals surface area contributed by atoms with E-state index in [4.69, 9.17) is 19.2 Å². The molecule has 50 heavy (non-hydrogen) atoms. The van der Waals surface area contributed by atoms with Crippen LogP contribution in [0.15, 0.2) is 108 Å². The number of piperidine rings is 1. The van der Waals surface area contributed by atoms with Crippen LogP contribution in [0.4, 0.5) is 17.1 Å². The van der Waals surface area contributed by atoms with Crippen molar-refractivity contribution in [2.75, 3.05) is 29.9 Å². The zero-order chi connectivity index (χ0) is 33.9. The number of hydrogen-bond donors (Lipinski definition) is 1. The second-order valence-corrected chi connectivity index (χ2v) is 13.6. The maximum absolute atomic E-state index is 13.2. The minimum atomic E-state index is -0.692. The van der Waals surface area contributed by atoms with E-state index >= 15 is 0 Å². The number of nitrogens with one attached hydrogen (secondary N) is 1. The van der Waals surface area contributed by atoms with Gasteiger partial charge in [-0.15, -0.1) is 0 Å². The zero-order valence-electron chi connectivity index (χ0n) is 28.6. The van der Waals surface area contributed by atoms with Gasteiger partial charge in [0, 0.05) is 60.6 Å². The number of carbonyl (C=O) groups excluding carboxylic acids is 1. The second-order valence-electron chi connectivity index (χ2n) is 13.6. The molecule has 1 atom stereocenters. The first-order valence-electron chi connectivity index (χ1n) is 18.0. The Morgan fingerprint density at radius 3 is 2.36 bits per heavy atom. The molecule has 3 aliphatic rings. The van der Waals surface area contributed by atoms with Gasteiger partial charge in [0.25, 0.3) is 0 Å². The number of rotatable bonds is 10. The second kappa shape index (κ2) is 13.9. The van der Waals surface area contributed by atoms with Crippen LogP contribution in [0.3, 0.4) is 0 Å².